The monoisotopic (exact) mass is 453 g/mol. The molecule has 1 aromatic heterocycles. The summed E-state index contributed by atoms with van der Waals surface area (Å²) in [4.78, 5) is 42.6. The van der Waals surface area contributed by atoms with Crippen molar-refractivity contribution in [1.29, 1.82) is 0 Å². The quantitative estimate of drug-likeness (QED) is 0.507. The van der Waals surface area contributed by atoms with E-state index in [1.54, 1.807) is 4.72 Å². The van der Waals surface area contributed by atoms with Gasteiger partial charge in [-0.3, -0.25) is 10.1 Å². The third kappa shape index (κ3) is 6.02. The molecule has 14 heteroatoms. The van der Waals surface area contributed by atoms with Crippen LogP contribution in [0.3, 0.4) is 0 Å². The molecular formula is C17H19N5O8S. The minimum Gasteiger partial charge on any atom is -0.481 e. The number of urea groups is 1. The lowest BCUT2D eigenvalue weighted by Gasteiger charge is -2.13. The van der Waals surface area contributed by atoms with Crippen LogP contribution >= 0.6 is 0 Å². The van der Waals surface area contributed by atoms with Gasteiger partial charge in [0, 0.05) is 12.6 Å². The number of rotatable bonds is 7. The van der Waals surface area contributed by atoms with Gasteiger partial charge in [-0.15, -0.1) is 0 Å². The molecule has 1 heterocycles. The Labute approximate surface area is 177 Å². The SMILES string of the molecule is COC(=O)c1ccc(NC(C)=O)cc1S(=O)(=O)NC(=O)Nc1nc(OC)cc(OC)n1. The zero-order valence-corrected chi connectivity index (χ0v) is 17.7. The first-order valence-electron chi connectivity index (χ1n) is 8.40. The predicted octanol–water partition coefficient (Wildman–Crippen LogP) is 0.749. The van der Waals surface area contributed by atoms with Crippen molar-refractivity contribution in [2.45, 2.75) is 11.8 Å². The van der Waals surface area contributed by atoms with Crippen LogP contribution in [0.25, 0.3) is 0 Å². The Hall–Kier alpha value is -3.94. The van der Waals surface area contributed by atoms with Gasteiger partial charge in [0.25, 0.3) is 10.0 Å². The third-order valence-electron chi connectivity index (χ3n) is 3.55. The summed E-state index contributed by atoms with van der Waals surface area (Å²) in [6.45, 7) is 1.22. The van der Waals surface area contributed by atoms with Crippen molar-refractivity contribution in [3.05, 3.63) is 29.8 Å². The molecule has 0 saturated carbocycles. The molecule has 31 heavy (non-hydrogen) atoms. The summed E-state index contributed by atoms with van der Waals surface area (Å²) in [5.41, 5.74) is -0.266. The number of esters is 1. The molecule has 2 rings (SSSR count). The Morgan fingerprint density at radius 1 is 0.935 bits per heavy atom. The van der Waals surface area contributed by atoms with Crippen LogP contribution < -0.4 is 24.8 Å². The number of carbonyl (C=O) groups is 3. The molecule has 2 aromatic rings. The van der Waals surface area contributed by atoms with E-state index in [2.05, 4.69) is 25.3 Å². The molecule has 0 spiro atoms. The molecule has 0 aliphatic carbocycles. The molecule has 0 radical (unpaired) electrons. The number of aromatic nitrogens is 2. The standard InChI is InChI=1S/C17H19N5O8S/c1-9(23)18-10-5-6-11(15(24)30-4)12(7-10)31(26,27)22-17(25)21-16-19-13(28-2)8-14(20-16)29-3/h5-8H,1-4H3,(H,18,23)(H2,19,20,21,22,25). The van der Waals surface area contributed by atoms with Crippen molar-refractivity contribution in [3.63, 3.8) is 0 Å². The number of sulfonamides is 1. The molecule has 0 bridgehead atoms. The van der Waals surface area contributed by atoms with Crippen LogP contribution in [0.1, 0.15) is 17.3 Å². The fourth-order valence-electron chi connectivity index (χ4n) is 2.28. The van der Waals surface area contributed by atoms with E-state index in [0.29, 0.717) is 0 Å². The number of hydrogen-bond acceptors (Lipinski definition) is 10. The third-order valence-corrected chi connectivity index (χ3v) is 4.92. The maximum atomic E-state index is 12.8. The second kappa shape index (κ2) is 9.71. The summed E-state index contributed by atoms with van der Waals surface area (Å²) in [6.07, 6.45) is 0. The normalized spacial score (nSPS) is 10.6. The van der Waals surface area contributed by atoms with Gasteiger partial charge in [0.05, 0.1) is 33.0 Å². The first kappa shape index (κ1) is 23.3. The van der Waals surface area contributed by atoms with Crippen molar-refractivity contribution >= 4 is 39.6 Å². The van der Waals surface area contributed by atoms with E-state index < -0.39 is 32.8 Å². The number of ether oxygens (including phenoxy) is 3. The largest absolute Gasteiger partial charge is 0.481 e. The molecule has 3 amide bonds. The molecular weight excluding hydrogens is 434 g/mol. The highest BCUT2D eigenvalue weighted by molar-refractivity contribution is 7.90. The lowest BCUT2D eigenvalue weighted by atomic mass is 10.2. The number of nitrogens with one attached hydrogen (secondary N) is 3. The highest BCUT2D eigenvalue weighted by Gasteiger charge is 2.26. The topological polar surface area (TPSA) is 175 Å². The predicted molar refractivity (Wildman–Crippen MR) is 107 cm³/mol. The summed E-state index contributed by atoms with van der Waals surface area (Å²) >= 11 is 0. The Kier molecular flexibility index (Phi) is 7.31. The summed E-state index contributed by atoms with van der Waals surface area (Å²) in [7, 11) is -0.872. The Bertz CT molecular complexity index is 1100. The number of carbonyl (C=O) groups excluding carboxylic acids is 3. The molecule has 3 N–H and O–H groups in total. The average molecular weight is 453 g/mol. The van der Waals surface area contributed by atoms with Crippen LogP contribution in [0.15, 0.2) is 29.2 Å². The number of hydrogen-bond donors (Lipinski definition) is 3. The molecule has 0 atom stereocenters. The zero-order valence-electron chi connectivity index (χ0n) is 16.9. The smallest absolute Gasteiger partial charge is 0.339 e. The van der Waals surface area contributed by atoms with Crippen molar-refractivity contribution in [1.82, 2.24) is 14.7 Å². The number of methoxy groups -OCH3 is 3. The Balaban J connectivity index is 2.35. The van der Waals surface area contributed by atoms with Crippen molar-refractivity contribution in [3.8, 4) is 11.8 Å². The first-order valence-corrected chi connectivity index (χ1v) is 9.88. The minimum atomic E-state index is -4.59. The van der Waals surface area contributed by atoms with Gasteiger partial charge in [-0.1, -0.05) is 0 Å². The van der Waals surface area contributed by atoms with Crippen LogP contribution in [0.2, 0.25) is 0 Å². The summed E-state index contributed by atoms with van der Waals surface area (Å²) in [5.74, 6) is -1.62. The average Bonchev–Trinajstić information content (AvgIpc) is 2.71. The number of anilines is 2. The molecule has 1 aromatic carbocycles. The van der Waals surface area contributed by atoms with Crippen LogP contribution in [0.5, 0.6) is 11.8 Å². The fraction of sp³-hybridized carbons (Fsp3) is 0.235. The van der Waals surface area contributed by atoms with Crippen LogP contribution in [-0.2, 0) is 19.6 Å². The second-order valence-corrected chi connectivity index (χ2v) is 7.37. The van der Waals surface area contributed by atoms with E-state index in [9.17, 15) is 22.8 Å². The number of benzene rings is 1. The lowest BCUT2D eigenvalue weighted by molar-refractivity contribution is -0.114. The van der Waals surface area contributed by atoms with Gasteiger partial charge in [0.1, 0.15) is 4.90 Å². The summed E-state index contributed by atoms with van der Waals surface area (Å²) < 4.78 is 41.7. The van der Waals surface area contributed by atoms with E-state index in [1.165, 1.54) is 33.3 Å². The van der Waals surface area contributed by atoms with E-state index >= 15 is 0 Å². The van der Waals surface area contributed by atoms with Crippen molar-refractivity contribution in [2.75, 3.05) is 32.0 Å². The Morgan fingerprint density at radius 3 is 2.06 bits per heavy atom. The highest BCUT2D eigenvalue weighted by atomic mass is 32.2. The summed E-state index contributed by atoms with van der Waals surface area (Å²) in [5, 5.41) is 4.52. The van der Waals surface area contributed by atoms with Crippen molar-refractivity contribution < 1.29 is 37.0 Å². The van der Waals surface area contributed by atoms with Gasteiger partial charge < -0.3 is 19.5 Å². The molecule has 13 nitrogen and oxygen atoms in total. The Morgan fingerprint density at radius 2 is 1.55 bits per heavy atom. The van der Waals surface area contributed by atoms with Crippen LogP contribution in [0, 0.1) is 0 Å². The maximum Gasteiger partial charge on any atom is 0.339 e. The zero-order chi connectivity index (χ0) is 23.2. The molecule has 0 aliphatic heterocycles. The highest BCUT2D eigenvalue weighted by Crippen LogP contribution is 2.22. The van der Waals surface area contributed by atoms with Gasteiger partial charge in [-0.2, -0.15) is 9.97 Å². The number of amides is 3. The molecule has 0 aliphatic rings. The van der Waals surface area contributed by atoms with Gasteiger partial charge in [-0.05, 0) is 18.2 Å². The van der Waals surface area contributed by atoms with E-state index in [0.717, 1.165) is 19.2 Å². The first-order chi connectivity index (χ1) is 14.6. The number of nitrogens with zero attached hydrogens (tertiary/aromatic N) is 2. The van der Waals surface area contributed by atoms with Gasteiger partial charge in [0.15, 0.2) is 0 Å². The van der Waals surface area contributed by atoms with Crippen LogP contribution in [-0.4, -0.2) is 57.6 Å². The maximum absolute atomic E-state index is 12.8. The second-order valence-electron chi connectivity index (χ2n) is 5.72. The molecule has 166 valence electrons. The van der Waals surface area contributed by atoms with Crippen LogP contribution in [0.4, 0.5) is 16.4 Å². The lowest BCUT2D eigenvalue weighted by Crippen LogP contribution is -2.35. The van der Waals surface area contributed by atoms with E-state index in [-0.39, 0.29) is 29.0 Å². The molecule has 0 unspecified atom stereocenters. The summed E-state index contributed by atoms with van der Waals surface area (Å²) in [6, 6.07) is 3.57. The fourth-order valence-corrected chi connectivity index (χ4v) is 3.41. The minimum absolute atomic E-state index is 0.0565. The van der Waals surface area contributed by atoms with Gasteiger partial charge >= 0.3 is 12.0 Å². The van der Waals surface area contributed by atoms with Gasteiger partial charge in [0.2, 0.25) is 23.6 Å². The van der Waals surface area contributed by atoms with Gasteiger partial charge in [-0.25, -0.2) is 22.7 Å². The van der Waals surface area contributed by atoms with E-state index in [4.69, 9.17) is 9.47 Å². The van der Waals surface area contributed by atoms with Crippen molar-refractivity contribution in [2.24, 2.45) is 0 Å². The molecule has 0 saturated heterocycles. The van der Waals surface area contributed by atoms with E-state index in [1.807, 2.05) is 0 Å². The molecule has 0 fully saturated rings.